The van der Waals surface area contributed by atoms with Gasteiger partial charge in [0.15, 0.2) is 0 Å². The molecular weight excluding hydrogens is 378 g/mol. The summed E-state index contributed by atoms with van der Waals surface area (Å²) in [6, 6.07) is 12.9. The number of aromatic nitrogens is 1. The molecule has 152 valence electrons. The van der Waals surface area contributed by atoms with Gasteiger partial charge >= 0.3 is 0 Å². The first-order chi connectivity index (χ1) is 13.9. The molecule has 3 rings (SSSR count). The van der Waals surface area contributed by atoms with Gasteiger partial charge in [-0.2, -0.15) is 5.26 Å². The Balaban J connectivity index is 1.60. The molecule has 1 atom stereocenters. The Morgan fingerprint density at radius 2 is 1.86 bits per heavy atom. The molecule has 2 heterocycles. The maximum atomic E-state index is 13.0. The number of hydrogen-bond donors (Lipinski definition) is 0. The molecule has 1 aromatic heterocycles. The molecule has 1 fully saturated rings. The molecule has 0 bridgehead atoms. The van der Waals surface area contributed by atoms with Crippen LogP contribution in [-0.2, 0) is 11.2 Å². The number of nitrogens with zero attached hydrogens (tertiary/aromatic N) is 3. The van der Waals surface area contributed by atoms with Crippen molar-refractivity contribution in [2.75, 3.05) is 13.1 Å². The van der Waals surface area contributed by atoms with E-state index in [-0.39, 0.29) is 11.2 Å². The second kappa shape index (κ2) is 9.45. The van der Waals surface area contributed by atoms with Gasteiger partial charge in [-0.15, -0.1) is 0 Å². The third-order valence-electron chi connectivity index (χ3n) is 6.00. The van der Waals surface area contributed by atoms with Crippen molar-refractivity contribution in [2.45, 2.75) is 57.2 Å². The Hall–Kier alpha value is -2.32. The largest absolute Gasteiger partial charge is 0.342 e. The van der Waals surface area contributed by atoms with Crippen molar-refractivity contribution >= 4 is 17.7 Å². The van der Waals surface area contributed by atoms with Crippen LogP contribution in [0.15, 0.2) is 35.4 Å². The lowest BCUT2D eigenvalue weighted by Crippen LogP contribution is -2.42. The van der Waals surface area contributed by atoms with Crippen molar-refractivity contribution in [3.63, 3.8) is 0 Å². The first kappa shape index (κ1) is 21.4. The monoisotopic (exact) mass is 407 g/mol. The Labute approximate surface area is 178 Å². The van der Waals surface area contributed by atoms with Gasteiger partial charge in [-0.1, -0.05) is 42.1 Å². The summed E-state index contributed by atoms with van der Waals surface area (Å²) in [4.78, 5) is 19.6. The molecule has 1 amide bonds. The van der Waals surface area contributed by atoms with Gasteiger partial charge in [0.1, 0.15) is 11.1 Å². The zero-order chi connectivity index (χ0) is 21.0. The van der Waals surface area contributed by atoms with Crippen LogP contribution in [0.2, 0.25) is 0 Å². The van der Waals surface area contributed by atoms with E-state index in [9.17, 15) is 10.1 Å². The molecule has 1 aromatic carbocycles. The molecule has 4 nitrogen and oxygen atoms in total. The van der Waals surface area contributed by atoms with Crippen molar-refractivity contribution in [1.82, 2.24) is 9.88 Å². The Morgan fingerprint density at radius 1 is 1.21 bits per heavy atom. The molecule has 1 saturated heterocycles. The minimum atomic E-state index is -0.248. The molecule has 1 aliphatic rings. The molecule has 2 aromatic rings. The number of benzene rings is 1. The van der Waals surface area contributed by atoms with Crippen molar-refractivity contribution in [3.8, 4) is 6.07 Å². The molecule has 0 N–H and O–H groups in total. The van der Waals surface area contributed by atoms with Gasteiger partial charge in [0.05, 0.1) is 10.8 Å². The van der Waals surface area contributed by atoms with Crippen molar-refractivity contribution in [3.05, 3.63) is 58.3 Å². The van der Waals surface area contributed by atoms with Gasteiger partial charge < -0.3 is 4.90 Å². The van der Waals surface area contributed by atoms with E-state index in [1.165, 1.54) is 17.3 Å². The number of carbonyl (C=O) groups is 1. The topological polar surface area (TPSA) is 57.0 Å². The standard InChI is InChI=1S/C24H29N3OS/c1-16-17(2)22(15-25)23(26-18(16)3)29-19(4)24(28)27-12-10-21(11-13-27)14-20-8-6-5-7-9-20/h5-9,19,21H,10-14H2,1-4H3. The van der Waals surface area contributed by atoms with Crippen LogP contribution in [0.25, 0.3) is 0 Å². The van der Waals surface area contributed by atoms with Crippen LogP contribution in [0, 0.1) is 38.0 Å². The van der Waals surface area contributed by atoms with Crippen LogP contribution < -0.4 is 0 Å². The number of piperidine rings is 1. The number of rotatable bonds is 5. The van der Waals surface area contributed by atoms with E-state index in [4.69, 9.17) is 0 Å². The minimum absolute atomic E-state index is 0.148. The summed E-state index contributed by atoms with van der Waals surface area (Å²) in [6.07, 6.45) is 3.18. The van der Waals surface area contributed by atoms with Gasteiger partial charge in [0.25, 0.3) is 0 Å². The zero-order valence-corrected chi connectivity index (χ0v) is 18.6. The average molecular weight is 408 g/mol. The van der Waals surface area contributed by atoms with Crippen LogP contribution >= 0.6 is 11.8 Å². The van der Waals surface area contributed by atoms with Gasteiger partial charge in [-0.3, -0.25) is 4.79 Å². The fourth-order valence-corrected chi connectivity index (χ4v) is 5.00. The lowest BCUT2D eigenvalue weighted by atomic mass is 9.90. The Bertz CT molecular complexity index is 912. The van der Waals surface area contributed by atoms with Crippen LogP contribution in [0.4, 0.5) is 0 Å². The van der Waals surface area contributed by atoms with E-state index >= 15 is 0 Å². The lowest BCUT2D eigenvalue weighted by Gasteiger charge is -2.33. The van der Waals surface area contributed by atoms with E-state index in [1.54, 1.807) is 0 Å². The van der Waals surface area contributed by atoms with Crippen LogP contribution in [0.1, 0.15) is 47.7 Å². The van der Waals surface area contributed by atoms with Gasteiger partial charge in [0, 0.05) is 18.8 Å². The second-order valence-corrected chi connectivity index (χ2v) is 9.29. The highest BCUT2D eigenvalue weighted by molar-refractivity contribution is 8.00. The molecule has 0 radical (unpaired) electrons. The molecule has 0 saturated carbocycles. The Kier molecular flexibility index (Phi) is 6.97. The number of amides is 1. The molecule has 1 unspecified atom stereocenters. The van der Waals surface area contributed by atoms with Crippen LogP contribution in [0.3, 0.4) is 0 Å². The molecule has 0 spiro atoms. The summed E-state index contributed by atoms with van der Waals surface area (Å²) >= 11 is 1.41. The normalized spacial score (nSPS) is 15.8. The SMILES string of the molecule is Cc1nc(SC(C)C(=O)N2CCC(Cc3ccccc3)CC2)c(C#N)c(C)c1C. The highest BCUT2D eigenvalue weighted by atomic mass is 32.2. The van der Waals surface area contributed by atoms with Crippen molar-refractivity contribution in [2.24, 2.45) is 5.92 Å². The predicted molar refractivity (Wildman–Crippen MR) is 118 cm³/mol. The molecule has 0 aliphatic carbocycles. The summed E-state index contributed by atoms with van der Waals surface area (Å²) in [5, 5.41) is 9.99. The van der Waals surface area contributed by atoms with E-state index in [2.05, 4.69) is 35.3 Å². The maximum Gasteiger partial charge on any atom is 0.235 e. The maximum absolute atomic E-state index is 13.0. The third-order valence-corrected chi connectivity index (χ3v) is 7.08. The number of likely N-dealkylation sites (tertiary alicyclic amines) is 1. The first-order valence-electron chi connectivity index (χ1n) is 10.3. The smallest absolute Gasteiger partial charge is 0.235 e. The van der Waals surface area contributed by atoms with Crippen molar-refractivity contribution < 1.29 is 4.79 Å². The molecule has 5 heteroatoms. The summed E-state index contributed by atoms with van der Waals surface area (Å²) in [5.41, 5.74) is 4.90. The average Bonchev–Trinajstić information content (AvgIpc) is 2.73. The van der Waals surface area contributed by atoms with Gasteiger partial charge in [-0.05, 0) is 69.6 Å². The number of carbonyl (C=O) groups excluding carboxylic acids is 1. The number of aryl methyl sites for hydroxylation is 1. The van der Waals surface area contributed by atoms with E-state index in [0.29, 0.717) is 16.5 Å². The zero-order valence-electron chi connectivity index (χ0n) is 17.7. The number of pyridine rings is 1. The Morgan fingerprint density at radius 3 is 2.48 bits per heavy atom. The fraction of sp³-hybridized carbons (Fsp3) is 0.458. The fourth-order valence-electron chi connectivity index (χ4n) is 3.91. The van der Waals surface area contributed by atoms with E-state index in [0.717, 1.165) is 49.2 Å². The summed E-state index contributed by atoms with van der Waals surface area (Å²) in [7, 11) is 0. The van der Waals surface area contributed by atoms with Crippen LogP contribution in [0.5, 0.6) is 0 Å². The minimum Gasteiger partial charge on any atom is -0.342 e. The number of nitriles is 1. The summed E-state index contributed by atoms with van der Waals surface area (Å²) in [5.74, 6) is 0.786. The molecular formula is C24H29N3OS. The van der Waals surface area contributed by atoms with Gasteiger partial charge in [-0.25, -0.2) is 4.98 Å². The first-order valence-corrected chi connectivity index (χ1v) is 11.2. The second-order valence-electron chi connectivity index (χ2n) is 7.96. The third kappa shape index (κ3) is 5.00. The van der Waals surface area contributed by atoms with Gasteiger partial charge in [0.2, 0.25) is 5.91 Å². The van der Waals surface area contributed by atoms with Crippen LogP contribution in [-0.4, -0.2) is 34.1 Å². The predicted octanol–water partition coefficient (Wildman–Crippen LogP) is 4.84. The number of hydrogen-bond acceptors (Lipinski definition) is 4. The highest BCUT2D eigenvalue weighted by Crippen LogP contribution is 2.31. The van der Waals surface area contributed by atoms with Crippen molar-refractivity contribution in [1.29, 1.82) is 5.26 Å². The highest BCUT2D eigenvalue weighted by Gasteiger charge is 2.28. The van der Waals surface area contributed by atoms with E-state index in [1.807, 2.05) is 38.7 Å². The number of thioether (sulfide) groups is 1. The summed E-state index contributed by atoms with van der Waals surface area (Å²) < 4.78 is 0. The van der Waals surface area contributed by atoms with E-state index < -0.39 is 0 Å². The lowest BCUT2D eigenvalue weighted by molar-refractivity contribution is -0.131. The molecule has 1 aliphatic heterocycles. The summed E-state index contributed by atoms with van der Waals surface area (Å²) in [6.45, 7) is 9.45. The quantitative estimate of drug-likeness (QED) is 0.666. The molecule has 29 heavy (non-hydrogen) atoms.